The molecule has 186 valence electrons. The molecule has 0 unspecified atom stereocenters. The molecule has 9 heteroatoms. The zero-order chi connectivity index (χ0) is 25.2. The molecule has 2 heterocycles. The summed E-state index contributed by atoms with van der Waals surface area (Å²) in [5, 5.41) is 26.8. The number of carbonyl (C=O) groups is 1. The van der Waals surface area contributed by atoms with Gasteiger partial charge in [0, 0.05) is 30.3 Å². The van der Waals surface area contributed by atoms with Crippen molar-refractivity contribution < 1.29 is 19.2 Å². The van der Waals surface area contributed by atoms with Crippen molar-refractivity contribution in [3.8, 4) is 34.7 Å². The smallest absolute Gasteiger partial charge is 0.258 e. The minimum Gasteiger partial charge on any atom is -0.490 e. The number of likely N-dealkylation sites (tertiary alicyclic amines) is 1. The SMILES string of the molecule is CC(C)Oc1ccc(-c2nc(-c3cccc4c3CC[C@H]4NCC(=O)N3CC[C@H](O)C3)no2)cc1C#N. The van der Waals surface area contributed by atoms with Gasteiger partial charge in [-0.3, -0.25) is 4.79 Å². The van der Waals surface area contributed by atoms with Crippen molar-refractivity contribution in [1.29, 1.82) is 5.26 Å². The first kappa shape index (κ1) is 24.0. The highest BCUT2D eigenvalue weighted by molar-refractivity contribution is 5.78. The number of nitriles is 1. The van der Waals surface area contributed by atoms with E-state index in [2.05, 4.69) is 27.6 Å². The zero-order valence-corrected chi connectivity index (χ0v) is 20.4. The van der Waals surface area contributed by atoms with E-state index < -0.39 is 6.10 Å². The van der Waals surface area contributed by atoms with Crippen molar-refractivity contribution in [2.75, 3.05) is 19.6 Å². The van der Waals surface area contributed by atoms with Crippen LogP contribution in [-0.2, 0) is 11.2 Å². The van der Waals surface area contributed by atoms with E-state index in [1.807, 2.05) is 32.0 Å². The number of benzene rings is 2. The lowest BCUT2D eigenvalue weighted by Gasteiger charge is -2.19. The quantitative estimate of drug-likeness (QED) is 0.520. The van der Waals surface area contributed by atoms with Crippen molar-refractivity contribution in [3.63, 3.8) is 0 Å². The number of ether oxygens (including phenoxy) is 1. The predicted molar refractivity (Wildman–Crippen MR) is 132 cm³/mol. The maximum absolute atomic E-state index is 12.5. The molecular formula is C27H29N5O4. The summed E-state index contributed by atoms with van der Waals surface area (Å²) in [5.41, 5.74) is 4.24. The third kappa shape index (κ3) is 4.83. The van der Waals surface area contributed by atoms with Gasteiger partial charge in [-0.2, -0.15) is 10.2 Å². The Bertz CT molecular complexity index is 1310. The molecule has 2 N–H and O–H groups in total. The monoisotopic (exact) mass is 487 g/mol. The molecule has 0 radical (unpaired) electrons. The van der Waals surface area contributed by atoms with Crippen molar-refractivity contribution in [1.82, 2.24) is 20.4 Å². The fourth-order valence-corrected chi connectivity index (χ4v) is 4.92. The van der Waals surface area contributed by atoms with Crippen LogP contribution in [0.1, 0.15) is 49.4 Å². The minimum absolute atomic E-state index is 0.0144. The number of aliphatic hydroxyl groups excluding tert-OH is 1. The molecule has 1 aliphatic heterocycles. The first-order valence-electron chi connectivity index (χ1n) is 12.3. The number of fused-ring (bicyclic) bond motifs is 1. The van der Waals surface area contributed by atoms with Gasteiger partial charge in [0.25, 0.3) is 5.89 Å². The number of β-amino-alcohol motifs (C(OH)–C–C–N with tert-alkyl or cyclic N) is 1. The zero-order valence-electron chi connectivity index (χ0n) is 20.4. The summed E-state index contributed by atoms with van der Waals surface area (Å²) in [6.45, 7) is 5.08. The summed E-state index contributed by atoms with van der Waals surface area (Å²) < 4.78 is 11.3. The third-order valence-corrected chi connectivity index (χ3v) is 6.66. The number of nitrogens with one attached hydrogen (secondary N) is 1. The predicted octanol–water partition coefficient (Wildman–Crippen LogP) is 3.23. The molecular weight excluding hydrogens is 458 g/mol. The Morgan fingerprint density at radius 2 is 2.19 bits per heavy atom. The lowest BCUT2D eigenvalue weighted by Crippen LogP contribution is -2.38. The number of aromatic nitrogens is 2. The van der Waals surface area contributed by atoms with E-state index in [1.54, 1.807) is 17.0 Å². The normalized spacial score (nSPS) is 18.9. The van der Waals surface area contributed by atoms with Crippen LogP contribution in [0.5, 0.6) is 5.75 Å². The molecule has 36 heavy (non-hydrogen) atoms. The van der Waals surface area contributed by atoms with Gasteiger partial charge in [-0.05, 0) is 62.4 Å². The number of hydrogen-bond donors (Lipinski definition) is 2. The molecule has 1 amide bonds. The maximum atomic E-state index is 12.5. The van der Waals surface area contributed by atoms with Gasteiger partial charge in [0.05, 0.1) is 24.3 Å². The topological polar surface area (TPSA) is 125 Å². The minimum atomic E-state index is -0.415. The summed E-state index contributed by atoms with van der Waals surface area (Å²) in [5.74, 6) is 1.36. The Hall–Kier alpha value is -3.74. The second-order valence-electron chi connectivity index (χ2n) is 9.54. The van der Waals surface area contributed by atoms with Crippen LogP contribution >= 0.6 is 0 Å². The number of nitrogens with zero attached hydrogens (tertiary/aromatic N) is 4. The molecule has 1 saturated heterocycles. The van der Waals surface area contributed by atoms with E-state index in [9.17, 15) is 15.2 Å². The third-order valence-electron chi connectivity index (χ3n) is 6.66. The van der Waals surface area contributed by atoms with Crippen LogP contribution in [0.25, 0.3) is 22.8 Å². The second-order valence-corrected chi connectivity index (χ2v) is 9.54. The Kier molecular flexibility index (Phi) is 6.72. The molecule has 2 atom stereocenters. The summed E-state index contributed by atoms with van der Waals surface area (Å²) in [7, 11) is 0. The van der Waals surface area contributed by atoms with Gasteiger partial charge in [0.15, 0.2) is 0 Å². The number of amides is 1. The van der Waals surface area contributed by atoms with Crippen LogP contribution in [0.2, 0.25) is 0 Å². The average molecular weight is 488 g/mol. The number of hydrogen-bond acceptors (Lipinski definition) is 8. The van der Waals surface area contributed by atoms with Crippen LogP contribution in [0.3, 0.4) is 0 Å². The first-order chi connectivity index (χ1) is 17.4. The average Bonchev–Trinajstić information content (AvgIpc) is 3.62. The first-order valence-corrected chi connectivity index (χ1v) is 12.3. The van der Waals surface area contributed by atoms with E-state index in [0.29, 0.717) is 48.1 Å². The fourth-order valence-electron chi connectivity index (χ4n) is 4.92. The van der Waals surface area contributed by atoms with Crippen molar-refractivity contribution in [3.05, 3.63) is 53.1 Å². The molecule has 0 saturated carbocycles. The standard InChI is InChI=1S/C27H29N5O4/c1-16(2)35-24-9-6-17(12-18(24)13-28)27-30-26(31-36-27)22-5-3-4-21-20(22)7-8-23(21)29-14-25(34)32-11-10-19(33)15-32/h3-6,9,12,16,19,23,29,33H,7-8,10-11,14-15H2,1-2H3/t19-,23+/m0/s1. The highest BCUT2D eigenvalue weighted by Gasteiger charge is 2.29. The fraction of sp³-hybridized carbons (Fsp3) is 0.407. The van der Waals surface area contributed by atoms with Gasteiger partial charge in [-0.1, -0.05) is 23.4 Å². The van der Waals surface area contributed by atoms with E-state index in [0.717, 1.165) is 29.5 Å². The number of rotatable bonds is 7. The molecule has 1 aliphatic carbocycles. The van der Waals surface area contributed by atoms with Crippen molar-refractivity contribution >= 4 is 5.91 Å². The van der Waals surface area contributed by atoms with Crippen LogP contribution in [0.15, 0.2) is 40.9 Å². The molecule has 0 bridgehead atoms. The Morgan fingerprint density at radius 1 is 1.33 bits per heavy atom. The highest BCUT2D eigenvalue weighted by atomic mass is 16.5. The molecule has 1 aromatic heterocycles. The molecule has 5 rings (SSSR count). The van der Waals surface area contributed by atoms with E-state index >= 15 is 0 Å². The highest BCUT2D eigenvalue weighted by Crippen LogP contribution is 2.37. The lowest BCUT2D eigenvalue weighted by atomic mass is 10.0. The number of aliphatic hydroxyl groups is 1. The van der Waals surface area contributed by atoms with E-state index in [4.69, 9.17) is 9.26 Å². The largest absolute Gasteiger partial charge is 0.490 e. The molecule has 1 fully saturated rings. The molecule has 0 spiro atoms. The van der Waals surface area contributed by atoms with Gasteiger partial charge in [0.2, 0.25) is 11.7 Å². The van der Waals surface area contributed by atoms with Crippen LogP contribution in [0, 0.1) is 11.3 Å². The van der Waals surface area contributed by atoms with Crippen molar-refractivity contribution in [2.45, 2.75) is 51.4 Å². The van der Waals surface area contributed by atoms with Gasteiger partial charge in [-0.15, -0.1) is 0 Å². The van der Waals surface area contributed by atoms with Gasteiger partial charge >= 0.3 is 0 Å². The lowest BCUT2D eigenvalue weighted by molar-refractivity contribution is -0.129. The van der Waals surface area contributed by atoms with Crippen LogP contribution in [-0.4, -0.2) is 57.9 Å². The van der Waals surface area contributed by atoms with E-state index in [1.165, 1.54) is 0 Å². The summed E-state index contributed by atoms with van der Waals surface area (Å²) in [6.07, 6.45) is 1.89. The van der Waals surface area contributed by atoms with Gasteiger partial charge < -0.3 is 24.6 Å². The van der Waals surface area contributed by atoms with Crippen LogP contribution in [0.4, 0.5) is 0 Å². The number of carbonyl (C=O) groups excluding carboxylic acids is 1. The molecule has 9 nitrogen and oxygen atoms in total. The summed E-state index contributed by atoms with van der Waals surface area (Å²) in [6, 6.07) is 13.5. The van der Waals surface area contributed by atoms with Crippen molar-refractivity contribution in [2.24, 2.45) is 0 Å². The maximum Gasteiger partial charge on any atom is 0.258 e. The summed E-state index contributed by atoms with van der Waals surface area (Å²) >= 11 is 0. The van der Waals surface area contributed by atoms with Gasteiger partial charge in [0.1, 0.15) is 11.8 Å². The molecule has 2 aliphatic rings. The second kappa shape index (κ2) is 10.1. The van der Waals surface area contributed by atoms with Crippen LogP contribution < -0.4 is 10.1 Å². The molecule has 3 aromatic rings. The Morgan fingerprint density at radius 3 is 2.94 bits per heavy atom. The summed E-state index contributed by atoms with van der Waals surface area (Å²) in [4.78, 5) is 18.8. The van der Waals surface area contributed by atoms with E-state index in [-0.39, 0.29) is 24.6 Å². The Labute approximate surface area is 209 Å². The molecule has 2 aromatic carbocycles. The van der Waals surface area contributed by atoms with Gasteiger partial charge in [-0.25, -0.2) is 0 Å². The Balaban J connectivity index is 1.32.